The molecular formula is C15H17FN2O2. The summed E-state index contributed by atoms with van der Waals surface area (Å²) in [7, 11) is 0. The maximum Gasteiger partial charge on any atom is 0.216 e. The van der Waals surface area contributed by atoms with E-state index in [2.05, 4.69) is 16.9 Å². The largest absolute Gasteiger partial charge is 0.478 e. The van der Waals surface area contributed by atoms with Gasteiger partial charge in [-0.05, 0) is 12.5 Å². The molecule has 1 atom stereocenters. The van der Waals surface area contributed by atoms with E-state index in [1.165, 1.54) is 24.5 Å². The Hall–Kier alpha value is -2.01. The number of ether oxygens (including phenoxy) is 1. The maximum absolute atomic E-state index is 13.6. The minimum atomic E-state index is -1.13. The lowest BCUT2D eigenvalue weighted by molar-refractivity contribution is 0.208. The number of benzene rings is 1. The first-order valence-electron chi connectivity index (χ1n) is 6.59. The second-order valence-corrected chi connectivity index (χ2v) is 4.41. The standard InChI is InChI=1S/C15H17FN2O2/c1-2-3-8-20-14-9-13(17-10-18-14)15(19)11-6-4-5-7-12(11)16/h4-7,9-10,15,19H,2-3,8H2,1H3. The van der Waals surface area contributed by atoms with Gasteiger partial charge in [0.1, 0.15) is 18.2 Å². The molecule has 0 saturated heterocycles. The van der Waals surface area contributed by atoms with Crippen LogP contribution in [-0.2, 0) is 0 Å². The lowest BCUT2D eigenvalue weighted by Crippen LogP contribution is -2.06. The molecule has 0 aliphatic rings. The van der Waals surface area contributed by atoms with Crippen LogP contribution in [0.4, 0.5) is 4.39 Å². The first-order chi connectivity index (χ1) is 9.72. The van der Waals surface area contributed by atoms with E-state index in [9.17, 15) is 9.50 Å². The molecule has 1 unspecified atom stereocenters. The van der Waals surface area contributed by atoms with Crippen LogP contribution in [0.1, 0.15) is 37.1 Å². The van der Waals surface area contributed by atoms with Crippen LogP contribution in [-0.4, -0.2) is 21.7 Å². The molecule has 2 rings (SSSR count). The number of aliphatic hydroxyl groups is 1. The summed E-state index contributed by atoms with van der Waals surface area (Å²) in [5, 5.41) is 10.2. The van der Waals surface area contributed by atoms with Crippen molar-refractivity contribution in [3.05, 3.63) is 53.7 Å². The van der Waals surface area contributed by atoms with E-state index in [4.69, 9.17) is 4.74 Å². The van der Waals surface area contributed by atoms with Gasteiger partial charge in [0.2, 0.25) is 5.88 Å². The van der Waals surface area contributed by atoms with E-state index in [1.807, 2.05) is 0 Å². The van der Waals surface area contributed by atoms with Crippen molar-refractivity contribution in [2.75, 3.05) is 6.61 Å². The SMILES string of the molecule is CCCCOc1cc(C(O)c2ccccc2F)ncn1. The van der Waals surface area contributed by atoms with Crippen LogP contribution in [0.3, 0.4) is 0 Å². The van der Waals surface area contributed by atoms with Gasteiger partial charge in [-0.2, -0.15) is 0 Å². The van der Waals surface area contributed by atoms with Crippen molar-refractivity contribution >= 4 is 0 Å². The highest BCUT2D eigenvalue weighted by Gasteiger charge is 2.16. The topological polar surface area (TPSA) is 55.2 Å². The summed E-state index contributed by atoms with van der Waals surface area (Å²) >= 11 is 0. The highest BCUT2D eigenvalue weighted by Crippen LogP contribution is 2.24. The molecule has 2 aromatic rings. The zero-order valence-electron chi connectivity index (χ0n) is 11.3. The Morgan fingerprint density at radius 3 is 2.85 bits per heavy atom. The lowest BCUT2D eigenvalue weighted by atomic mass is 10.1. The Labute approximate surface area is 117 Å². The van der Waals surface area contributed by atoms with Crippen molar-refractivity contribution in [1.29, 1.82) is 0 Å². The second kappa shape index (κ2) is 6.96. The van der Waals surface area contributed by atoms with Crippen molar-refractivity contribution < 1.29 is 14.2 Å². The number of hydrogen-bond acceptors (Lipinski definition) is 4. The van der Waals surface area contributed by atoms with E-state index in [0.29, 0.717) is 18.2 Å². The van der Waals surface area contributed by atoms with Gasteiger partial charge in [0.05, 0.1) is 12.3 Å². The van der Waals surface area contributed by atoms with Crippen LogP contribution in [0.5, 0.6) is 5.88 Å². The number of aliphatic hydroxyl groups excluding tert-OH is 1. The Morgan fingerprint density at radius 2 is 2.10 bits per heavy atom. The first kappa shape index (κ1) is 14.4. The number of rotatable bonds is 6. The number of halogens is 1. The molecule has 1 aromatic carbocycles. The second-order valence-electron chi connectivity index (χ2n) is 4.41. The third kappa shape index (κ3) is 3.51. The molecule has 0 aliphatic carbocycles. The van der Waals surface area contributed by atoms with Crippen LogP contribution in [0, 0.1) is 5.82 Å². The van der Waals surface area contributed by atoms with Gasteiger partial charge >= 0.3 is 0 Å². The third-order valence-electron chi connectivity index (χ3n) is 2.89. The lowest BCUT2D eigenvalue weighted by Gasteiger charge is -2.12. The average molecular weight is 276 g/mol. The first-order valence-corrected chi connectivity index (χ1v) is 6.59. The van der Waals surface area contributed by atoms with Gasteiger partial charge in [0, 0.05) is 11.6 Å². The molecule has 1 aromatic heterocycles. The maximum atomic E-state index is 13.6. The van der Waals surface area contributed by atoms with E-state index in [1.54, 1.807) is 12.1 Å². The molecule has 0 spiro atoms. The molecule has 0 amide bonds. The van der Waals surface area contributed by atoms with Crippen molar-refractivity contribution in [1.82, 2.24) is 9.97 Å². The monoisotopic (exact) mass is 276 g/mol. The summed E-state index contributed by atoms with van der Waals surface area (Å²) in [5.41, 5.74) is 0.502. The minimum absolute atomic E-state index is 0.186. The molecule has 1 heterocycles. The summed E-state index contributed by atoms with van der Waals surface area (Å²) < 4.78 is 19.1. The van der Waals surface area contributed by atoms with E-state index < -0.39 is 11.9 Å². The van der Waals surface area contributed by atoms with E-state index in [0.717, 1.165) is 12.8 Å². The number of unbranched alkanes of at least 4 members (excludes halogenated alkanes) is 1. The van der Waals surface area contributed by atoms with Gasteiger partial charge in [0.25, 0.3) is 0 Å². The summed E-state index contributed by atoms with van der Waals surface area (Å²) in [6.45, 7) is 2.62. The molecule has 20 heavy (non-hydrogen) atoms. The number of aromatic nitrogens is 2. The summed E-state index contributed by atoms with van der Waals surface area (Å²) in [6.07, 6.45) is 2.12. The molecule has 106 valence electrons. The van der Waals surface area contributed by atoms with Gasteiger partial charge < -0.3 is 9.84 Å². The normalized spacial score (nSPS) is 12.2. The molecular weight excluding hydrogens is 259 g/mol. The fourth-order valence-electron chi connectivity index (χ4n) is 1.76. The smallest absolute Gasteiger partial charge is 0.216 e. The van der Waals surface area contributed by atoms with Crippen LogP contribution in [0.15, 0.2) is 36.7 Å². The predicted octanol–water partition coefficient (Wildman–Crippen LogP) is 2.88. The zero-order valence-corrected chi connectivity index (χ0v) is 11.3. The Bertz CT molecular complexity index is 563. The van der Waals surface area contributed by atoms with E-state index >= 15 is 0 Å². The number of hydrogen-bond donors (Lipinski definition) is 1. The summed E-state index contributed by atoms with van der Waals surface area (Å²) in [6, 6.07) is 7.61. The molecule has 0 bridgehead atoms. The van der Waals surface area contributed by atoms with Crippen LogP contribution >= 0.6 is 0 Å². The minimum Gasteiger partial charge on any atom is -0.478 e. The van der Waals surface area contributed by atoms with Gasteiger partial charge in [-0.1, -0.05) is 31.5 Å². The Morgan fingerprint density at radius 1 is 1.30 bits per heavy atom. The van der Waals surface area contributed by atoms with E-state index in [-0.39, 0.29) is 5.56 Å². The van der Waals surface area contributed by atoms with Gasteiger partial charge in [-0.15, -0.1) is 0 Å². The summed E-state index contributed by atoms with van der Waals surface area (Å²) in [4.78, 5) is 7.95. The molecule has 0 fully saturated rings. The highest BCUT2D eigenvalue weighted by atomic mass is 19.1. The van der Waals surface area contributed by atoms with Crippen LogP contribution < -0.4 is 4.74 Å². The average Bonchev–Trinajstić information content (AvgIpc) is 2.48. The van der Waals surface area contributed by atoms with Gasteiger partial charge in [-0.25, -0.2) is 14.4 Å². The number of nitrogens with zero attached hydrogens (tertiary/aromatic N) is 2. The summed E-state index contributed by atoms with van der Waals surface area (Å²) in [5.74, 6) is -0.0779. The molecule has 0 radical (unpaired) electrons. The van der Waals surface area contributed by atoms with Crippen LogP contribution in [0.2, 0.25) is 0 Å². The molecule has 0 saturated carbocycles. The molecule has 1 N–H and O–H groups in total. The highest BCUT2D eigenvalue weighted by molar-refractivity contribution is 5.28. The molecule has 4 nitrogen and oxygen atoms in total. The molecule has 0 aliphatic heterocycles. The fraction of sp³-hybridized carbons (Fsp3) is 0.333. The van der Waals surface area contributed by atoms with Crippen molar-refractivity contribution in [3.63, 3.8) is 0 Å². The predicted molar refractivity (Wildman–Crippen MR) is 72.9 cm³/mol. The zero-order chi connectivity index (χ0) is 14.4. The third-order valence-corrected chi connectivity index (χ3v) is 2.89. The Kier molecular flexibility index (Phi) is 5.01. The molecule has 5 heteroatoms. The quantitative estimate of drug-likeness (QED) is 0.824. The van der Waals surface area contributed by atoms with Crippen molar-refractivity contribution in [3.8, 4) is 5.88 Å². The van der Waals surface area contributed by atoms with Crippen LogP contribution in [0.25, 0.3) is 0 Å². The van der Waals surface area contributed by atoms with Gasteiger partial charge in [-0.3, -0.25) is 0 Å². The fourth-order valence-corrected chi connectivity index (χ4v) is 1.76. The van der Waals surface area contributed by atoms with Crippen molar-refractivity contribution in [2.24, 2.45) is 0 Å². The van der Waals surface area contributed by atoms with Crippen molar-refractivity contribution in [2.45, 2.75) is 25.9 Å². The van der Waals surface area contributed by atoms with Gasteiger partial charge in [0.15, 0.2) is 0 Å². The Balaban J connectivity index is 2.16.